The summed E-state index contributed by atoms with van der Waals surface area (Å²) in [7, 11) is -4.73. The van der Waals surface area contributed by atoms with E-state index < -0.39 is 44.9 Å². The van der Waals surface area contributed by atoms with E-state index in [0.29, 0.717) is 0 Å². The summed E-state index contributed by atoms with van der Waals surface area (Å²) in [4.78, 5) is 29.1. The molecule has 0 bridgehead atoms. The van der Waals surface area contributed by atoms with Gasteiger partial charge in [0.2, 0.25) is 0 Å². The van der Waals surface area contributed by atoms with Gasteiger partial charge < -0.3 is 29.5 Å². The van der Waals surface area contributed by atoms with Gasteiger partial charge in [0.25, 0.3) is 6.23 Å². The van der Waals surface area contributed by atoms with E-state index in [-0.39, 0.29) is 12.2 Å². The summed E-state index contributed by atoms with van der Waals surface area (Å²) in [6, 6.07) is 3.05. The molecule has 1 aromatic rings. The van der Waals surface area contributed by atoms with Gasteiger partial charge in [-0.05, 0) is 13.0 Å². The van der Waals surface area contributed by atoms with Crippen molar-refractivity contribution in [2.75, 3.05) is 13.2 Å². The van der Waals surface area contributed by atoms with Crippen LogP contribution in [0.4, 0.5) is 0 Å². The van der Waals surface area contributed by atoms with Crippen molar-refractivity contribution in [2.45, 2.75) is 31.5 Å². The van der Waals surface area contributed by atoms with Crippen molar-refractivity contribution in [2.24, 2.45) is 0 Å². The molecule has 0 radical (unpaired) electrons. The Hall–Kier alpha value is -1.39. The molecule has 0 amide bonds. The molecule has 0 spiro atoms. The van der Waals surface area contributed by atoms with Gasteiger partial charge in [-0.25, -0.2) is 9.36 Å². The lowest BCUT2D eigenvalue weighted by Crippen LogP contribution is -2.46. The van der Waals surface area contributed by atoms with Gasteiger partial charge in [0.15, 0.2) is 18.5 Å². The first-order valence-electron chi connectivity index (χ1n) is 7.12. The van der Waals surface area contributed by atoms with E-state index in [1.807, 2.05) is 0 Å². The molecule has 1 aliphatic rings. The largest absolute Gasteiger partial charge is 0.469 e. The highest BCUT2D eigenvalue weighted by Gasteiger charge is 2.49. The number of phosphoric ester groups is 1. The van der Waals surface area contributed by atoms with Crippen LogP contribution in [-0.4, -0.2) is 57.5 Å². The molecule has 11 heteroatoms. The molecule has 0 aromatic carbocycles. The average molecular weight is 364 g/mol. The van der Waals surface area contributed by atoms with Crippen molar-refractivity contribution in [1.82, 2.24) is 0 Å². The summed E-state index contributed by atoms with van der Waals surface area (Å²) in [5, 5.41) is 20.0. The third-order valence-electron chi connectivity index (χ3n) is 3.37. The van der Waals surface area contributed by atoms with E-state index in [9.17, 15) is 19.6 Å². The van der Waals surface area contributed by atoms with Crippen molar-refractivity contribution >= 4 is 13.8 Å². The van der Waals surface area contributed by atoms with Crippen molar-refractivity contribution in [3.05, 3.63) is 30.1 Å². The van der Waals surface area contributed by atoms with Gasteiger partial charge in [-0.2, -0.15) is 4.57 Å². The molecule has 2 heterocycles. The highest BCUT2D eigenvalue weighted by Crippen LogP contribution is 2.37. The lowest BCUT2D eigenvalue weighted by atomic mass is 10.1. The normalized spacial score (nSPS) is 27.2. The summed E-state index contributed by atoms with van der Waals surface area (Å²) < 4.78 is 26.7. The highest BCUT2D eigenvalue weighted by molar-refractivity contribution is 7.46. The van der Waals surface area contributed by atoms with Crippen molar-refractivity contribution in [1.29, 1.82) is 0 Å². The smallest absolute Gasteiger partial charge is 0.462 e. The molecule has 0 saturated carbocycles. The number of pyridine rings is 1. The number of carbonyl (C=O) groups excluding carboxylic acids is 1. The van der Waals surface area contributed by atoms with Gasteiger partial charge in [-0.15, -0.1) is 0 Å². The number of aromatic nitrogens is 1. The number of carbonyl (C=O) groups is 1. The molecule has 24 heavy (non-hydrogen) atoms. The summed E-state index contributed by atoms with van der Waals surface area (Å²) in [6.45, 7) is 1.27. The molecule has 1 aliphatic heterocycles. The fraction of sp³-hybridized carbons (Fsp3) is 0.538. The summed E-state index contributed by atoms with van der Waals surface area (Å²) in [6.07, 6.45) is -2.10. The number of aliphatic hydroxyl groups is 2. The fourth-order valence-electron chi connectivity index (χ4n) is 2.27. The van der Waals surface area contributed by atoms with E-state index in [1.54, 1.807) is 6.92 Å². The van der Waals surface area contributed by atoms with Crippen molar-refractivity contribution in [3.63, 3.8) is 0 Å². The SMILES string of the molecule is CCOC(=O)c1ccc[n+]([C@@H]2O[C@H](COP(=O)(O)O)[C@H](O)[C@@H]2O)c1. The van der Waals surface area contributed by atoms with Crippen LogP contribution in [0.1, 0.15) is 23.5 Å². The predicted molar refractivity (Wildman–Crippen MR) is 76.5 cm³/mol. The molecule has 1 saturated heterocycles. The Morgan fingerprint density at radius 2 is 2.08 bits per heavy atom. The second kappa shape index (κ2) is 7.66. The first-order valence-corrected chi connectivity index (χ1v) is 8.65. The molecular formula is C13H19NO9P+. The van der Waals surface area contributed by atoms with Gasteiger partial charge in [0.05, 0.1) is 13.2 Å². The lowest BCUT2D eigenvalue weighted by Gasteiger charge is -2.13. The summed E-state index contributed by atoms with van der Waals surface area (Å²) in [5.41, 5.74) is 0.222. The van der Waals surface area contributed by atoms with Crippen LogP contribution < -0.4 is 4.57 Å². The minimum Gasteiger partial charge on any atom is -0.462 e. The molecule has 4 atom stereocenters. The van der Waals surface area contributed by atoms with Crippen LogP contribution in [0.5, 0.6) is 0 Å². The van der Waals surface area contributed by atoms with E-state index in [2.05, 4.69) is 4.52 Å². The first-order chi connectivity index (χ1) is 11.2. The maximum Gasteiger partial charge on any atom is 0.469 e. The molecule has 2 rings (SSSR count). The van der Waals surface area contributed by atoms with Crippen LogP contribution in [0, 0.1) is 0 Å². The Balaban J connectivity index is 2.13. The zero-order valence-corrected chi connectivity index (χ0v) is 13.7. The molecule has 0 unspecified atom stereocenters. The molecule has 4 N–H and O–H groups in total. The zero-order valence-electron chi connectivity index (χ0n) is 12.8. The molecule has 1 fully saturated rings. The van der Waals surface area contributed by atoms with E-state index in [0.717, 1.165) is 0 Å². The minimum atomic E-state index is -4.73. The zero-order chi connectivity index (χ0) is 17.9. The number of esters is 1. The van der Waals surface area contributed by atoms with Crippen LogP contribution >= 0.6 is 7.82 Å². The van der Waals surface area contributed by atoms with E-state index in [4.69, 9.17) is 19.3 Å². The van der Waals surface area contributed by atoms with Crippen LogP contribution in [0.2, 0.25) is 0 Å². The predicted octanol–water partition coefficient (Wildman–Crippen LogP) is -1.12. The second-order valence-corrected chi connectivity index (χ2v) is 6.33. The van der Waals surface area contributed by atoms with Crippen molar-refractivity contribution in [3.8, 4) is 0 Å². The number of phosphoric acid groups is 1. The van der Waals surface area contributed by atoms with Gasteiger partial charge in [0, 0.05) is 6.07 Å². The van der Waals surface area contributed by atoms with Crippen LogP contribution in [0.25, 0.3) is 0 Å². The fourth-order valence-corrected chi connectivity index (χ4v) is 2.61. The van der Waals surface area contributed by atoms with Crippen molar-refractivity contribution < 1.29 is 47.9 Å². The number of ether oxygens (including phenoxy) is 2. The van der Waals surface area contributed by atoms with E-state index >= 15 is 0 Å². The minimum absolute atomic E-state index is 0.205. The number of nitrogens with zero attached hydrogens (tertiary/aromatic N) is 1. The molecular weight excluding hydrogens is 345 g/mol. The Morgan fingerprint density at radius 1 is 1.38 bits per heavy atom. The number of aliphatic hydroxyl groups excluding tert-OH is 2. The maximum absolute atomic E-state index is 11.7. The molecule has 1 aromatic heterocycles. The Morgan fingerprint density at radius 3 is 2.71 bits per heavy atom. The maximum atomic E-state index is 11.7. The van der Waals surface area contributed by atoms with E-state index in [1.165, 1.54) is 29.1 Å². The average Bonchev–Trinajstić information content (AvgIpc) is 2.81. The highest BCUT2D eigenvalue weighted by atomic mass is 31.2. The second-order valence-electron chi connectivity index (χ2n) is 5.09. The number of hydrogen-bond acceptors (Lipinski definition) is 7. The topological polar surface area (TPSA) is 147 Å². The summed E-state index contributed by atoms with van der Waals surface area (Å²) >= 11 is 0. The first kappa shape index (κ1) is 18.9. The quantitative estimate of drug-likeness (QED) is 0.280. The standard InChI is InChI=1S/C13H18NO9P/c1-2-21-13(17)8-4-3-5-14(6-8)12-11(16)10(15)9(23-12)7-22-24(18,19)20/h3-6,9-12,15-16H,2,7H2,1H3,(H-,18,19,20)/p+1/t9-,10+,11+,12-/m1/s1. The molecule has 134 valence electrons. The van der Waals surface area contributed by atoms with Crippen LogP contribution in [-0.2, 0) is 18.6 Å². The Kier molecular flexibility index (Phi) is 6.05. The monoisotopic (exact) mass is 364 g/mol. The summed E-state index contributed by atoms with van der Waals surface area (Å²) in [5.74, 6) is -0.554. The van der Waals surface area contributed by atoms with Gasteiger partial charge in [-0.1, -0.05) is 0 Å². The third-order valence-corrected chi connectivity index (χ3v) is 3.86. The van der Waals surface area contributed by atoms with Gasteiger partial charge >= 0.3 is 13.8 Å². The van der Waals surface area contributed by atoms with Crippen LogP contribution in [0.15, 0.2) is 24.5 Å². The van der Waals surface area contributed by atoms with Gasteiger partial charge in [-0.3, -0.25) is 4.52 Å². The van der Waals surface area contributed by atoms with Gasteiger partial charge in [0.1, 0.15) is 17.8 Å². The number of rotatable bonds is 6. The molecule has 0 aliphatic carbocycles. The Bertz CT molecular complexity index is 634. The third kappa shape index (κ3) is 4.58. The van der Waals surface area contributed by atoms with Crippen LogP contribution in [0.3, 0.4) is 0 Å². The number of hydrogen-bond donors (Lipinski definition) is 4. The Labute approximate surface area is 137 Å². The molecule has 10 nitrogen and oxygen atoms in total. The lowest BCUT2D eigenvalue weighted by molar-refractivity contribution is -0.765.